The van der Waals surface area contributed by atoms with Crippen LogP contribution >= 0.6 is 0 Å². The second kappa shape index (κ2) is 6.16. The van der Waals surface area contributed by atoms with Crippen LogP contribution < -0.4 is 10.7 Å². The molecule has 0 atom stereocenters. The third-order valence-electron chi connectivity index (χ3n) is 4.41. The number of benzene rings is 1. The summed E-state index contributed by atoms with van der Waals surface area (Å²) in [7, 11) is 0. The second-order valence-electron chi connectivity index (χ2n) is 6.17. The first-order valence-electron chi connectivity index (χ1n) is 8.21. The number of nitroso groups, excluding NO2 is 1. The summed E-state index contributed by atoms with van der Waals surface area (Å²) >= 11 is 0. The molecule has 0 N–H and O–H groups in total. The van der Waals surface area contributed by atoms with Gasteiger partial charge in [0.1, 0.15) is 5.35 Å². The van der Waals surface area contributed by atoms with Gasteiger partial charge in [-0.2, -0.15) is 0 Å². The molecule has 2 aliphatic heterocycles. The summed E-state index contributed by atoms with van der Waals surface area (Å²) in [6, 6.07) is 3.89. The van der Waals surface area contributed by atoms with Crippen molar-refractivity contribution in [1.29, 1.82) is 0 Å². The minimum absolute atomic E-state index is 0.346. The quantitative estimate of drug-likeness (QED) is 0.685. The third-order valence-corrected chi connectivity index (χ3v) is 4.41. The van der Waals surface area contributed by atoms with E-state index in [2.05, 4.69) is 0 Å². The van der Waals surface area contributed by atoms with E-state index in [1.807, 2.05) is 26.0 Å². The molecule has 26 heavy (non-hydrogen) atoms. The zero-order valence-corrected chi connectivity index (χ0v) is 14.4. The summed E-state index contributed by atoms with van der Waals surface area (Å²) in [5.74, 6) is 0. The Bertz CT molecular complexity index is 1190. The highest BCUT2D eigenvalue weighted by Gasteiger charge is 2.19. The molecule has 0 bridgehead atoms. The number of hydrogen-bond acceptors (Lipinski definition) is 5. The molecule has 0 spiro atoms. The summed E-state index contributed by atoms with van der Waals surface area (Å²) < 4.78 is 0.735. The van der Waals surface area contributed by atoms with Crippen molar-refractivity contribution in [2.24, 2.45) is 0 Å². The van der Waals surface area contributed by atoms with E-state index in [-0.39, 0.29) is 0 Å². The molecule has 3 heterocycles. The van der Waals surface area contributed by atoms with Gasteiger partial charge in [-0.15, -0.1) is 0 Å². The Morgan fingerprint density at radius 2 is 1.58 bits per heavy atom. The van der Waals surface area contributed by atoms with Gasteiger partial charge >= 0.3 is 0 Å². The van der Waals surface area contributed by atoms with E-state index in [1.165, 1.54) is 12.4 Å². The zero-order valence-electron chi connectivity index (χ0n) is 14.4. The summed E-state index contributed by atoms with van der Waals surface area (Å²) in [6.45, 7) is 4.01. The van der Waals surface area contributed by atoms with Crippen LogP contribution in [0.3, 0.4) is 0 Å². The van der Waals surface area contributed by atoms with Crippen molar-refractivity contribution in [2.75, 3.05) is 0 Å². The Morgan fingerprint density at radius 3 is 2.23 bits per heavy atom. The molecule has 0 saturated heterocycles. The fraction of sp³-hybridized carbons (Fsp3) is 0.100. The van der Waals surface area contributed by atoms with Crippen LogP contribution in [0.1, 0.15) is 11.1 Å². The first kappa shape index (κ1) is 16.1. The Kier molecular flexibility index (Phi) is 3.82. The standard InChI is InChI=1S/C20H16N4O2/c1-13-11-15-16(12-14(13)2)22-20(18-8-4-6-10-24(18)26)19(21-15)17-7-3-5-9-23(17)25/h3-12H,1-2H3. The van der Waals surface area contributed by atoms with E-state index in [9.17, 15) is 10.1 Å². The van der Waals surface area contributed by atoms with Gasteiger partial charge in [-0.3, -0.25) is 0 Å². The van der Waals surface area contributed by atoms with Crippen molar-refractivity contribution in [2.45, 2.75) is 13.8 Å². The van der Waals surface area contributed by atoms with Crippen LogP contribution in [0.4, 0.5) is 0 Å². The van der Waals surface area contributed by atoms with E-state index in [1.54, 1.807) is 36.5 Å². The van der Waals surface area contributed by atoms with Crippen LogP contribution in [0.25, 0.3) is 22.4 Å². The van der Waals surface area contributed by atoms with Crippen molar-refractivity contribution in [3.05, 3.63) is 92.9 Å². The van der Waals surface area contributed by atoms with Crippen LogP contribution in [0.2, 0.25) is 0 Å². The monoisotopic (exact) mass is 344 g/mol. The number of nitrogens with zero attached hydrogens (tertiary/aromatic N) is 4. The third kappa shape index (κ3) is 2.66. The van der Waals surface area contributed by atoms with Gasteiger partial charge in [0.25, 0.3) is 5.70 Å². The molecule has 4 rings (SSSR count). The molecular formula is C20H16N4O2. The second-order valence-corrected chi connectivity index (χ2v) is 6.17. The zero-order chi connectivity index (χ0) is 18.3. The van der Waals surface area contributed by atoms with Gasteiger partial charge in [-0.25, -0.2) is 9.97 Å². The van der Waals surface area contributed by atoms with Crippen molar-refractivity contribution in [3.63, 3.8) is 0 Å². The fourth-order valence-electron chi connectivity index (χ4n) is 2.89. The van der Waals surface area contributed by atoms with E-state index < -0.39 is 0 Å². The minimum Gasteiger partial charge on any atom is -0.754 e. The van der Waals surface area contributed by atoms with Crippen molar-refractivity contribution < 1.29 is 4.76 Å². The number of hydroxylamine groups is 2. The Hall–Kier alpha value is -3.38. The van der Waals surface area contributed by atoms with Crippen molar-refractivity contribution >= 4 is 22.4 Å². The lowest BCUT2D eigenvalue weighted by Gasteiger charge is -2.28. The molecule has 0 fully saturated rings. The van der Waals surface area contributed by atoms with Crippen LogP contribution in [-0.4, -0.2) is 19.8 Å². The van der Waals surface area contributed by atoms with Crippen molar-refractivity contribution in [3.8, 4) is 0 Å². The van der Waals surface area contributed by atoms with Gasteiger partial charge < -0.3 is 10.3 Å². The summed E-state index contributed by atoms with van der Waals surface area (Å²) in [4.78, 5) is 21.7. The molecule has 1 aromatic carbocycles. The van der Waals surface area contributed by atoms with E-state index in [0.717, 1.165) is 21.0 Å². The predicted molar refractivity (Wildman–Crippen MR) is 100 cm³/mol. The highest BCUT2D eigenvalue weighted by atomic mass is 16.5. The van der Waals surface area contributed by atoms with Crippen molar-refractivity contribution in [1.82, 2.24) is 15.0 Å². The fourth-order valence-corrected chi connectivity index (χ4v) is 2.89. The normalized spacial score (nSPS) is 20.4. The first-order valence-corrected chi connectivity index (χ1v) is 8.21. The van der Waals surface area contributed by atoms with E-state index in [4.69, 9.17) is 9.97 Å². The van der Waals surface area contributed by atoms with Crippen LogP contribution in [-0.2, 0) is 0 Å². The molecule has 128 valence electrons. The lowest BCUT2D eigenvalue weighted by atomic mass is 10.1. The molecule has 0 aliphatic carbocycles. The number of allylic oxidation sites excluding steroid dienone is 4. The lowest BCUT2D eigenvalue weighted by Crippen LogP contribution is -2.39. The molecule has 0 amide bonds. The maximum Gasteiger partial charge on any atom is 0.290 e. The Morgan fingerprint density at radius 1 is 0.923 bits per heavy atom. The Labute approximate surface area is 149 Å². The van der Waals surface area contributed by atoms with Crippen LogP contribution in [0.5, 0.6) is 0 Å². The SMILES string of the molecule is Cc1cc2nc(=C3C=CC=CN3[O-])c(=C3C=CC=C[N+]3=O)nc2cc1C. The average Bonchev–Trinajstić information content (AvgIpc) is 2.63. The molecular weight excluding hydrogens is 328 g/mol. The number of rotatable bonds is 0. The molecule has 6 nitrogen and oxygen atoms in total. The van der Waals surface area contributed by atoms with Gasteiger partial charge in [0, 0.05) is 17.1 Å². The Balaban J connectivity index is 2.21. The number of aromatic nitrogens is 2. The van der Waals surface area contributed by atoms with E-state index in [0.29, 0.717) is 33.1 Å². The molecule has 0 radical (unpaired) electrons. The maximum atomic E-state index is 12.3. The average molecular weight is 344 g/mol. The number of hydrogen-bond donors (Lipinski definition) is 0. The van der Waals surface area contributed by atoms with E-state index >= 15 is 0 Å². The molecule has 2 aliphatic rings. The molecule has 0 saturated carbocycles. The number of aryl methyl sites for hydroxylation is 2. The largest absolute Gasteiger partial charge is 0.754 e. The molecule has 2 aromatic rings. The van der Waals surface area contributed by atoms with Gasteiger partial charge in [0.15, 0.2) is 5.35 Å². The first-order chi connectivity index (χ1) is 12.5. The summed E-state index contributed by atoms with van der Waals surface area (Å²) in [6.07, 6.45) is 13.0. The lowest BCUT2D eigenvalue weighted by molar-refractivity contribution is -0.376. The summed E-state index contributed by atoms with van der Waals surface area (Å²) in [5.41, 5.74) is 4.24. The highest BCUT2D eigenvalue weighted by Crippen LogP contribution is 2.15. The topological polar surface area (TPSA) is 72.2 Å². The molecule has 0 unspecified atom stereocenters. The van der Waals surface area contributed by atoms with Crippen LogP contribution in [0, 0.1) is 24.0 Å². The summed E-state index contributed by atoms with van der Waals surface area (Å²) in [5, 5.41) is 13.8. The van der Waals surface area contributed by atoms with Gasteiger partial charge in [0.05, 0.1) is 21.5 Å². The highest BCUT2D eigenvalue weighted by molar-refractivity contribution is 5.77. The van der Waals surface area contributed by atoms with Gasteiger partial charge in [-0.1, -0.05) is 6.08 Å². The minimum atomic E-state index is 0.346. The maximum absolute atomic E-state index is 12.3. The van der Waals surface area contributed by atoms with Gasteiger partial charge in [-0.05, 0) is 61.5 Å². The molecule has 6 heteroatoms. The number of fused-ring (bicyclic) bond motifs is 1. The predicted octanol–water partition coefficient (Wildman–Crippen LogP) is 2.21. The van der Waals surface area contributed by atoms with Gasteiger partial charge in [0.2, 0.25) is 6.20 Å². The molecule has 1 aromatic heterocycles. The smallest absolute Gasteiger partial charge is 0.290 e. The van der Waals surface area contributed by atoms with Crippen LogP contribution in [0.15, 0.2) is 61.0 Å².